The quantitative estimate of drug-likeness (QED) is 0.246. The van der Waals surface area contributed by atoms with Crippen molar-refractivity contribution in [2.24, 2.45) is 5.92 Å². The highest BCUT2D eigenvalue weighted by Crippen LogP contribution is 2.63. The number of aliphatic hydroxyl groups is 2. The van der Waals surface area contributed by atoms with Crippen LogP contribution in [0.2, 0.25) is 0 Å². The molecule has 4 atom stereocenters. The summed E-state index contributed by atoms with van der Waals surface area (Å²) in [6.45, 7) is 4.98. The van der Waals surface area contributed by atoms with Crippen LogP contribution in [0.5, 0.6) is 11.5 Å². The normalized spacial score (nSPS) is 33.4. The van der Waals surface area contributed by atoms with E-state index in [1.165, 1.54) is 26.9 Å². The van der Waals surface area contributed by atoms with Crippen LogP contribution >= 0.6 is 0 Å². The van der Waals surface area contributed by atoms with Gasteiger partial charge in [0.15, 0.2) is 17.6 Å². The summed E-state index contributed by atoms with van der Waals surface area (Å²) >= 11 is 0. The third-order valence-corrected chi connectivity index (χ3v) is 10.4. The van der Waals surface area contributed by atoms with E-state index in [1.54, 1.807) is 6.07 Å². The molecule has 4 N–H and O–H groups in total. The van der Waals surface area contributed by atoms with Gasteiger partial charge in [-0.15, -0.1) is 0 Å². The van der Waals surface area contributed by atoms with Crippen molar-refractivity contribution in [1.82, 2.24) is 10.2 Å². The Morgan fingerprint density at radius 3 is 2.56 bits per heavy atom. The first kappa shape index (κ1) is 26.4. The molecule has 3 fully saturated rings. The molecule has 212 valence electrons. The van der Waals surface area contributed by atoms with E-state index in [9.17, 15) is 24.9 Å². The molecule has 2 saturated carbocycles. The summed E-state index contributed by atoms with van der Waals surface area (Å²) in [5, 5.41) is 37.7. The van der Waals surface area contributed by atoms with Crippen LogP contribution in [0.3, 0.4) is 0 Å². The number of ether oxygens (including phenoxy) is 2. The van der Waals surface area contributed by atoms with E-state index in [2.05, 4.69) is 10.2 Å². The molecule has 0 aromatic heterocycles. The number of esters is 1. The fraction of sp³-hybridized carbons (Fsp3) is 0.667. The van der Waals surface area contributed by atoms with Gasteiger partial charge in [-0.3, -0.25) is 9.69 Å². The zero-order valence-corrected chi connectivity index (χ0v) is 23.1. The van der Waals surface area contributed by atoms with Crippen LogP contribution in [-0.4, -0.2) is 75.6 Å². The highest BCUT2D eigenvalue weighted by molar-refractivity contribution is 5.97. The van der Waals surface area contributed by atoms with E-state index in [0.29, 0.717) is 31.6 Å². The minimum absolute atomic E-state index is 0.0235. The largest absolute Gasteiger partial charge is 0.508 e. The predicted octanol–water partition coefficient (Wildman–Crippen LogP) is 3.01. The molecule has 1 aromatic carbocycles. The van der Waals surface area contributed by atoms with Crippen LogP contribution in [0, 0.1) is 5.92 Å². The fourth-order valence-corrected chi connectivity index (χ4v) is 7.93. The topological polar surface area (TPSA) is 129 Å². The maximum absolute atomic E-state index is 13.6. The SMILES string of the molecule is COC(=O)C1(NC(=O)/C(C)=C(\O)[C@@H]2Oc3c(O)ccc4c3[C@@]23CCN(CC2CC2)C(C4)[C@@]3(C)O)CCCCC1. The predicted molar refractivity (Wildman–Crippen MR) is 143 cm³/mol. The number of methoxy groups -OCH3 is 1. The molecule has 0 radical (unpaired) electrons. The highest BCUT2D eigenvalue weighted by atomic mass is 16.5. The Morgan fingerprint density at radius 1 is 1.18 bits per heavy atom. The zero-order valence-electron chi connectivity index (χ0n) is 23.1. The van der Waals surface area contributed by atoms with Crippen LogP contribution < -0.4 is 10.1 Å². The molecule has 2 bridgehead atoms. The number of amides is 1. The number of phenols is 1. The van der Waals surface area contributed by atoms with E-state index < -0.39 is 34.5 Å². The molecule has 6 rings (SSSR count). The number of aromatic hydroxyl groups is 1. The van der Waals surface area contributed by atoms with Gasteiger partial charge in [0.05, 0.1) is 23.7 Å². The molecule has 1 unspecified atom stereocenters. The number of piperidine rings is 1. The number of hydrogen-bond donors (Lipinski definition) is 4. The van der Waals surface area contributed by atoms with E-state index in [4.69, 9.17) is 9.47 Å². The third kappa shape index (κ3) is 3.79. The molecular weight excluding hydrogens is 500 g/mol. The van der Waals surface area contributed by atoms with Gasteiger partial charge < -0.3 is 30.1 Å². The molecule has 1 saturated heterocycles. The first-order valence-electron chi connectivity index (χ1n) is 14.3. The molecule has 2 aliphatic heterocycles. The summed E-state index contributed by atoms with van der Waals surface area (Å²) in [6.07, 6.45) is 5.98. The Kier molecular flexibility index (Phi) is 6.19. The zero-order chi connectivity index (χ0) is 27.7. The van der Waals surface area contributed by atoms with Gasteiger partial charge in [-0.25, -0.2) is 4.79 Å². The van der Waals surface area contributed by atoms with Crippen LogP contribution in [0.1, 0.15) is 76.3 Å². The molecular formula is C30H40N2O7. The van der Waals surface area contributed by atoms with Crippen LogP contribution in [0.25, 0.3) is 0 Å². The number of likely N-dealkylation sites (tertiary alicyclic amines) is 1. The number of aliphatic hydroxyl groups excluding tert-OH is 1. The van der Waals surface area contributed by atoms with Gasteiger partial charge in [0.2, 0.25) is 0 Å². The molecule has 1 aromatic rings. The Hall–Kier alpha value is -2.78. The van der Waals surface area contributed by atoms with Gasteiger partial charge in [-0.05, 0) is 76.5 Å². The average Bonchev–Trinajstić information content (AvgIpc) is 3.66. The highest BCUT2D eigenvalue weighted by Gasteiger charge is 2.69. The van der Waals surface area contributed by atoms with Crippen molar-refractivity contribution >= 4 is 11.9 Å². The number of rotatable bonds is 6. The van der Waals surface area contributed by atoms with Gasteiger partial charge in [-0.1, -0.05) is 25.3 Å². The second-order valence-electron chi connectivity index (χ2n) is 12.6. The van der Waals surface area contributed by atoms with Crippen molar-refractivity contribution in [3.63, 3.8) is 0 Å². The third-order valence-electron chi connectivity index (χ3n) is 10.4. The molecule has 39 heavy (non-hydrogen) atoms. The van der Waals surface area contributed by atoms with Gasteiger partial charge in [-0.2, -0.15) is 0 Å². The number of nitrogens with one attached hydrogen (secondary N) is 1. The number of phenolic OH excluding ortho intramolecular Hbond substituents is 1. The summed E-state index contributed by atoms with van der Waals surface area (Å²) in [5.41, 5.74) is -1.73. The maximum Gasteiger partial charge on any atom is 0.331 e. The van der Waals surface area contributed by atoms with Crippen molar-refractivity contribution in [3.8, 4) is 11.5 Å². The summed E-state index contributed by atoms with van der Waals surface area (Å²) in [5.74, 6) is -0.471. The maximum atomic E-state index is 13.6. The molecule has 9 heteroatoms. The second kappa shape index (κ2) is 9.13. The number of fused-ring (bicyclic) bond motifs is 1. The number of nitrogens with zero attached hydrogens (tertiary/aromatic N) is 1. The lowest BCUT2D eigenvalue weighted by molar-refractivity contribution is -0.154. The molecule has 2 heterocycles. The lowest BCUT2D eigenvalue weighted by Crippen LogP contribution is -2.73. The Bertz CT molecular complexity index is 1230. The van der Waals surface area contributed by atoms with Gasteiger partial charge in [0.1, 0.15) is 11.3 Å². The minimum Gasteiger partial charge on any atom is -0.508 e. The molecule has 9 nitrogen and oxygen atoms in total. The van der Waals surface area contributed by atoms with Crippen LogP contribution in [-0.2, 0) is 26.2 Å². The second-order valence-corrected chi connectivity index (χ2v) is 12.6. The standard InChI is InChI=1S/C30H40N2O7/c1-17(26(35)31-29(27(36)38-3)11-5-4-6-12-29)23(34)25-30-13-14-32(16-18-7-8-18)21(28(30,2)37)15-19-9-10-20(33)24(39-25)22(19)30/h9-10,18,21,25,33-34,37H,4-8,11-16H2,1-3H3,(H,31,35)/b23-17-/t21?,25-,28+,30-/m0/s1. The number of carbonyl (C=O) groups excluding carboxylic acids is 2. The summed E-state index contributed by atoms with van der Waals surface area (Å²) in [7, 11) is 1.31. The lowest BCUT2D eigenvalue weighted by Gasteiger charge is -2.59. The van der Waals surface area contributed by atoms with Crippen molar-refractivity contribution in [2.45, 2.75) is 100 Å². The van der Waals surface area contributed by atoms with E-state index >= 15 is 0 Å². The van der Waals surface area contributed by atoms with Gasteiger partial charge in [0.25, 0.3) is 5.91 Å². The Labute approximate surface area is 229 Å². The first-order valence-corrected chi connectivity index (χ1v) is 14.3. The van der Waals surface area contributed by atoms with Crippen LogP contribution in [0.4, 0.5) is 0 Å². The van der Waals surface area contributed by atoms with Gasteiger partial charge >= 0.3 is 5.97 Å². The van der Waals surface area contributed by atoms with Crippen molar-refractivity contribution in [3.05, 3.63) is 34.6 Å². The van der Waals surface area contributed by atoms with Crippen molar-refractivity contribution in [2.75, 3.05) is 20.2 Å². The molecule has 1 amide bonds. The minimum atomic E-state index is -1.29. The lowest BCUT2D eigenvalue weighted by atomic mass is 9.53. The number of benzene rings is 1. The Morgan fingerprint density at radius 2 is 1.90 bits per heavy atom. The monoisotopic (exact) mass is 540 g/mol. The van der Waals surface area contributed by atoms with E-state index in [1.807, 2.05) is 13.0 Å². The Balaban J connectivity index is 1.39. The summed E-state index contributed by atoms with van der Waals surface area (Å²) in [4.78, 5) is 28.7. The average molecular weight is 541 g/mol. The summed E-state index contributed by atoms with van der Waals surface area (Å²) < 4.78 is 11.4. The van der Waals surface area contributed by atoms with E-state index in [0.717, 1.165) is 43.5 Å². The van der Waals surface area contributed by atoms with E-state index in [-0.39, 0.29) is 28.9 Å². The number of carbonyl (C=O) groups is 2. The van der Waals surface area contributed by atoms with Crippen LogP contribution in [0.15, 0.2) is 23.5 Å². The van der Waals surface area contributed by atoms with Crippen molar-refractivity contribution in [1.29, 1.82) is 0 Å². The smallest absolute Gasteiger partial charge is 0.331 e. The van der Waals surface area contributed by atoms with Gasteiger partial charge in [0, 0.05) is 18.2 Å². The number of hydrogen-bond acceptors (Lipinski definition) is 8. The summed E-state index contributed by atoms with van der Waals surface area (Å²) in [6, 6.07) is 3.31. The van der Waals surface area contributed by atoms with Crippen molar-refractivity contribution < 1.29 is 34.4 Å². The molecule has 5 aliphatic rings. The molecule has 3 aliphatic carbocycles. The first-order chi connectivity index (χ1) is 18.6. The fourth-order valence-electron chi connectivity index (χ4n) is 7.93. The molecule has 1 spiro atoms.